The van der Waals surface area contributed by atoms with Crippen LogP contribution in [0.4, 0.5) is 17.1 Å². The van der Waals surface area contributed by atoms with E-state index in [1.165, 1.54) is 87.4 Å². The molecule has 0 unspecified atom stereocenters. The van der Waals surface area contributed by atoms with Crippen molar-refractivity contribution in [2.24, 2.45) is 5.92 Å². The van der Waals surface area contributed by atoms with Gasteiger partial charge in [0.15, 0.2) is 0 Å². The molecule has 43 heavy (non-hydrogen) atoms. The fraction of sp³-hybridized carbons (Fsp3) is 0.0256. The average Bonchev–Trinajstić information content (AvgIpc) is 3.49. The second-order valence-electron chi connectivity index (χ2n) is 12.0. The molecule has 7 aromatic rings. The number of rotatable bonds is 2. The lowest BCUT2D eigenvalue weighted by atomic mass is 9.39. The minimum Gasteiger partial charge on any atom is -0.311 e. The number of aromatic nitrogens is 1. The van der Waals surface area contributed by atoms with E-state index in [2.05, 4.69) is 143 Å². The highest BCUT2D eigenvalue weighted by Gasteiger charge is 2.47. The van der Waals surface area contributed by atoms with E-state index >= 15 is 0 Å². The van der Waals surface area contributed by atoms with E-state index in [9.17, 15) is 0 Å². The maximum atomic E-state index is 2.50. The van der Waals surface area contributed by atoms with E-state index in [1.807, 2.05) is 11.3 Å². The monoisotopic (exact) mass is 562 g/mol. The molecule has 0 bridgehead atoms. The first kappa shape index (κ1) is 22.5. The average molecular weight is 563 g/mol. The first-order valence-electron chi connectivity index (χ1n) is 15.0. The van der Waals surface area contributed by atoms with Crippen LogP contribution in [0.3, 0.4) is 0 Å². The smallest absolute Gasteiger partial charge is 0.260 e. The van der Waals surface area contributed by atoms with Gasteiger partial charge in [0, 0.05) is 49.9 Å². The Morgan fingerprint density at radius 3 is 2.23 bits per heavy atom. The van der Waals surface area contributed by atoms with E-state index in [0.717, 1.165) is 0 Å². The molecule has 0 saturated heterocycles. The zero-order chi connectivity index (χ0) is 27.8. The molecule has 2 aromatic heterocycles. The number of para-hydroxylation sites is 3. The number of benzene rings is 5. The van der Waals surface area contributed by atoms with Gasteiger partial charge in [-0.25, -0.2) is 0 Å². The van der Waals surface area contributed by atoms with Crippen molar-refractivity contribution in [3.63, 3.8) is 0 Å². The highest BCUT2D eigenvalue weighted by Crippen LogP contribution is 2.53. The SMILES string of the molecule is C1=C[C@@H]2C=C2c2c1sc1c2-c2cccc3c2B1c1ccc(-n2c4ccccc4c4ccccc42)cc1N3c1ccccc1. The number of fused-ring (bicyclic) bond motifs is 12. The van der Waals surface area contributed by atoms with Crippen LogP contribution in [0.15, 0.2) is 127 Å². The fourth-order valence-corrected chi connectivity index (χ4v) is 9.46. The van der Waals surface area contributed by atoms with Gasteiger partial charge in [-0.1, -0.05) is 84.9 Å². The number of hydrogen-bond donors (Lipinski definition) is 0. The summed E-state index contributed by atoms with van der Waals surface area (Å²) in [6.45, 7) is 0.241. The number of hydrogen-bond acceptors (Lipinski definition) is 2. The maximum Gasteiger partial charge on any atom is 0.260 e. The quantitative estimate of drug-likeness (QED) is 0.193. The van der Waals surface area contributed by atoms with Crippen LogP contribution in [-0.4, -0.2) is 11.3 Å². The number of thiophene rings is 1. The Morgan fingerprint density at radius 1 is 0.651 bits per heavy atom. The van der Waals surface area contributed by atoms with Crippen molar-refractivity contribution in [1.29, 1.82) is 0 Å². The summed E-state index contributed by atoms with van der Waals surface area (Å²) >= 11 is 2.00. The van der Waals surface area contributed by atoms with Crippen LogP contribution in [0.2, 0.25) is 0 Å². The van der Waals surface area contributed by atoms with Gasteiger partial charge in [-0.05, 0) is 80.9 Å². The van der Waals surface area contributed by atoms with Crippen LogP contribution < -0.4 is 20.6 Å². The summed E-state index contributed by atoms with van der Waals surface area (Å²) in [6.07, 6.45) is 7.16. The first-order valence-corrected chi connectivity index (χ1v) is 15.8. The topological polar surface area (TPSA) is 8.17 Å². The molecule has 2 aliphatic carbocycles. The summed E-state index contributed by atoms with van der Waals surface area (Å²) < 4.78 is 3.94. The Bertz CT molecular complexity index is 2370. The van der Waals surface area contributed by atoms with Crippen LogP contribution in [-0.2, 0) is 0 Å². The third kappa shape index (κ3) is 2.80. The molecule has 4 heteroatoms. The van der Waals surface area contributed by atoms with Crippen LogP contribution >= 0.6 is 11.3 Å². The van der Waals surface area contributed by atoms with Gasteiger partial charge in [0.05, 0.1) is 11.0 Å². The molecule has 4 aliphatic rings. The Hall–Kier alpha value is -5.06. The van der Waals surface area contributed by atoms with Gasteiger partial charge in [-0.15, -0.1) is 11.3 Å². The molecule has 2 nitrogen and oxygen atoms in total. The summed E-state index contributed by atoms with van der Waals surface area (Å²) in [7, 11) is 0. The molecule has 2 aliphatic heterocycles. The van der Waals surface area contributed by atoms with E-state index in [-0.39, 0.29) is 6.71 Å². The molecule has 198 valence electrons. The van der Waals surface area contributed by atoms with Crippen molar-refractivity contribution in [2.75, 3.05) is 4.90 Å². The highest BCUT2D eigenvalue weighted by molar-refractivity contribution is 7.30. The summed E-state index contributed by atoms with van der Waals surface area (Å²) in [5, 5.41) is 2.58. The minimum absolute atomic E-state index is 0.241. The van der Waals surface area contributed by atoms with Gasteiger partial charge < -0.3 is 9.47 Å². The molecule has 0 N–H and O–H groups in total. The molecular formula is C39H23BN2S. The Labute approximate surface area is 253 Å². The van der Waals surface area contributed by atoms with Crippen molar-refractivity contribution >= 4 is 84.3 Å². The molecule has 0 saturated carbocycles. The van der Waals surface area contributed by atoms with Crippen molar-refractivity contribution in [2.45, 2.75) is 0 Å². The van der Waals surface area contributed by atoms with Gasteiger partial charge >= 0.3 is 0 Å². The standard InChI is InChI=1S/C39H23BN2S/c1-2-9-24(10-3-1)41-33-16-8-13-28-37-36-29-21-23(29)17-20-35(36)43-39(37)40(38(28)33)30-19-18-25(22-34(30)41)42-31-14-6-4-11-26(31)27-12-5-7-15-32(27)42/h1-23H/t23-/m1/s1. The van der Waals surface area contributed by atoms with E-state index in [4.69, 9.17) is 0 Å². The van der Waals surface area contributed by atoms with Crippen LogP contribution in [0, 0.1) is 5.92 Å². The van der Waals surface area contributed by atoms with Crippen LogP contribution in [0.5, 0.6) is 0 Å². The molecule has 0 radical (unpaired) electrons. The highest BCUT2D eigenvalue weighted by atomic mass is 32.1. The lowest BCUT2D eigenvalue weighted by Crippen LogP contribution is -2.54. The molecule has 5 aromatic carbocycles. The second kappa shape index (κ2) is 7.86. The summed E-state index contributed by atoms with van der Waals surface area (Å²) in [6, 6.07) is 42.6. The van der Waals surface area contributed by atoms with Crippen molar-refractivity contribution in [3.05, 3.63) is 138 Å². The van der Waals surface area contributed by atoms with Crippen molar-refractivity contribution < 1.29 is 0 Å². The van der Waals surface area contributed by atoms with Crippen molar-refractivity contribution in [1.82, 2.24) is 4.57 Å². The van der Waals surface area contributed by atoms with Gasteiger partial charge in [0.2, 0.25) is 0 Å². The zero-order valence-corrected chi connectivity index (χ0v) is 24.0. The lowest BCUT2D eigenvalue weighted by molar-refractivity contribution is 1.17. The molecule has 11 rings (SSSR count). The minimum atomic E-state index is 0.241. The predicted octanol–water partition coefficient (Wildman–Crippen LogP) is 8.17. The molecular weight excluding hydrogens is 539 g/mol. The number of nitrogens with zero attached hydrogens (tertiary/aromatic N) is 2. The third-order valence-electron chi connectivity index (χ3n) is 9.88. The normalized spacial score (nSPS) is 16.6. The van der Waals surface area contributed by atoms with Gasteiger partial charge in [-0.2, -0.15) is 0 Å². The molecule has 1 atom stereocenters. The molecule has 0 fully saturated rings. The van der Waals surface area contributed by atoms with Gasteiger partial charge in [0.1, 0.15) is 0 Å². The predicted molar refractivity (Wildman–Crippen MR) is 184 cm³/mol. The summed E-state index contributed by atoms with van der Waals surface area (Å²) in [5.74, 6) is 0.531. The summed E-state index contributed by atoms with van der Waals surface area (Å²) in [4.78, 5) is 3.93. The number of anilines is 3. The van der Waals surface area contributed by atoms with Crippen LogP contribution in [0.1, 0.15) is 10.4 Å². The maximum absolute atomic E-state index is 2.50. The second-order valence-corrected chi connectivity index (χ2v) is 13.1. The Morgan fingerprint density at radius 2 is 1.42 bits per heavy atom. The van der Waals surface area contributed by atoms with E-state index in [0.29, 0.717) is 5.92 Å². The largest absolute Gasteiger partial charge is 0.311 e. The van der Waals surface area contributed by atoms with E-state index < -0.39 is 0 Å². The molecule has 0 spiro atoms. The van der Waals surface area contributed by atoms with Crippen molar-refractivity contribution in [3.8, 4) is 16.8 Å². The van der Waals surface area contributed by atoms with Crippen LogP contribution in [0.25, 0.3) is 50.3 Å². The molecule has 4 heterocycles. The number of allylic oxidation sites excluding steroid dienone is 3. The van der Waals surface area contributed by atoms with Gasteiger partial charge in [0.25, 0.3) is 6.71 Å². The Balaban J connectivity index is 1.22. The third-order valence-corrected chi connectivity index (χ3v) is 11.1. The summed E-state index contributed by atoms with van der Waals surface area (Å²) in [5.41, 5.74) is 16.2. The lowest BCUT2D eigenvalue weighted by Gasteiger charge is -2.36. The van der Waals surface area contributed by atoms with E-state index in [1.54, 1.807) is 0 Å². The fourth-order valence-electron chi connectivity index (χ4n) is 8.08. The van der Waals surface area contributed by atoms with Gasteiger partial charge in [-0.3, -0.25) is 0 Å². The Kier molecular flexibility index (Phi) is 4.12. The molecule has 0 amide bonds. The first-order chi connectivity index (χ1) is 21.3. The zero-order valence-electron chi connectivity index (χ0n) is 23.2.